The van der Waals surface area contributed by atoms with Crippen molar-refractivity contribution in [3.63, 3.8) is 0 Å². The maximum atomic E-state index is 10.9. The number of rotatable bonds is 4. The van der Waals surface area contributed by atoms with Crippen LogP contribution in [0.1, 0.15) is 24.8 Å². The molecule has 4 heteroatoms. The van der Waals surface area contributed by atoms with Gasteiger partial charge in [-0.15, -0.1) is 12.6 Å². The fourth-order valence-corrected chi connectivity index (χ4v) is 1.92. The molecule has 0 saturated heterocycles. The fraction of sp³-hybridized carbons (Fsp3) is 0.364. The molecule has 1 aromatic carbocycles. The first kappa shape index (κ1) is 12.1. The molecule has 0 fully saturated rings. The van der Waals surface area contributed by atoms with Crippen LogP contribution in [-0.4, -0.2) is 21.1 Å². The van der Waals surface area contributed by atoms with Gasteiger partial charge in [-0.1, -0.05) is 37.3 Å². The molecule has 0 aliphatic rings. The summed E-state index contributed by atoms with van der Waals surface area (Å²) in [6, 6.07) is 9.04. The smallest absolute Gasteiger partial charge is 0.346 e. The van der Waals surface area contributed by atoms with E-state index in [-0.39, 0.29) is 0 Å². The average molecular weight is 226 g/mol. The predicted octanol–water partition coefficient (Wildman–Crippen LogP) is 1.88. The van der Waals surface area contributed by atoms with Crippen molar-refractivity contribution < 1.29 is 15.0 Å². The molecule has 0 heterocycles. The number of carbonyl (C=O) groups is 1. The lowest BCUT2D eigenvalue weighted by molar-refractivity contribution is -0.151. The summed E-state index contributed by atoms with van der Waals surface area (Å²) in [7, 11) is 0. The Kier molecular flexibility index (Phi) is 3.77. The van der Waals surface area contributed by atoms with Crippen LogP contribution in [0, 0.1) is 0 Å². The third kappa shape index (κ3) is 2.52. The standard InChI is InChI=1S/C11H14O3S/c1-2-9(11(14,15)10(12)13)8-6-4-3-5-7-8/h3-7,9,14-15H,2H2,1H3,(H,12,13). The molecule has 2 atom stereocenters. The van der Waals surface area contributed by atoms with Crippen molar-refractivity contribution in [1.29, 1.82) is 0 Å². The van der Waals surface area contributed by atoms with Gasteiger partial charge in [0.2, 0.25) is 4.93 Å². The molecule has 15 heavy (non-hydrogen) atoms. The highest BCUT2D eigenvalue weighted by molar-refractivity contribution is 7.82. The van der Waals surface area contributed by atoms with E-state index in [2.05, 4.69) is 12.6 Å². The molecule has 2 unspecified atom stereocenters. The SMILES string of the molecule is CCC(c1ccccc1)C(O)(S)C(=O)O. The zero-order valence-electron chi connectivity index (χ0n) is 8.42. The molecular weight excluding hydrogens is 212 g/mol. The minimum absolute atomic E-state index is 0.510. The van der Waals surface area contributed by atoms with Crippen molar-refractivity contribution in [2.24, 2.45) is 0 Å². The summed E-state index contributed by atoms with van der Waals surface area (Å²) in [5, 5.41) is 18.6. The third-order valence-electron chi connectivity index (χ3n) is 2.41. The normalized spacial score (nSPS) is 16.7. The minimum Gasteiger partial charge on any atom is -0.478 e. The molecule has 0 radical (unpaired) electrons. The van der Waals surface area contributed by atoms with E-state index in [9.17, 15) is 9.90 Å². The lowest BCUT2D eigenvalue weighted by Crippen LogP contribution is -2.38. The lowest BCUT2D eigenvalue weighted by atomic mass is 9.90. The predicted molar refractivity (Wildman–Crippen MR) is 61.0 cm³/mol. The highest BCUT2D eigenvalue weighted by atomic mass is 32.1. The first-order valence-corrected chi connectivity index (χ1v) is 5.18. The van der Waals surface area contributed by atoms with Gasteiger partial charge in [0, 0.05) is 5.92 Å². The number of aliphatic carboxylic acids is 1. The maximum Gasteiger partial charge on any atom is 0.346 e. The molecule has 0 aromatic heterocycles. The van der Waals surface area contributed by atoms with E-state index in [1.807, 2.05) is 25.1 Å². The average Bonchev–Trinajstić information content (AvgIpc) is 2.19. The van der Waals surface area contributed by atoms with E-state index in [0.29, 0.717) is 6.42 Å². The highest BCUT2D eigenvalue weighted by Gasteiger charge is 2.40. The van der Waals surface area contributed by atoms with Gasteiger partial charge in [-0.2, -0.15) is 0 Å². The molecule has 0 bridgehead atoms. The van der Waals surface area contributed by atoms with Crippen molar-refractivity contribution in [3.05, 3.63) is 35.9 Å². The number of benzene rings is 1. The molecule has 1 rings (SSSR count). The van der Waals surface area contributed by atoms with E-state index in [4.69, 9.17) is 5.11 Å². The largest absolute Gasteiger partial charge is 0.478 e. The van der Waals surface area contributed by atoms with Crippen LogP contribution in [0.2, 0.25) is 0 Å². The van der Waals surface area contributed by atoms with E-state index in [1.54, 1.807) is 12.1 Å². The summed E-state index contributed by atoms with van der Waals surface area (Å²) < 4.78 is 0. The van der Waals surface area contributed by atoms with E-state index in [1.165, 1.54) is 0 Å². The summed E-state index contributed by atoms with van der Waals surface area (Å²) in [4.78, 5) is 8.85. The van der Waals surface area contributed by atoms with Crippen molar-refractivity contribution in [2.75, 3.05) is 0 Å². The van der Waals surface area contributed by atoms with Gasteiger partial charge in [-0.3, -0.25) is 0 Å². The third-order valence-corrected chi connectivity index (χ3v) is 2.91. The van der Waals surface area contributed by atoms with Gasteiger partial charge in [0.25, 0.3) is 0 Å². The van der Waals surface area contributed by atoms with Crippen LogP contribution in [0.3, 0.4) is 0 Å². The number of aliphatic hydroxyl groups is 1. The maximum absolute atomic E-state index is 10.9. The summed E-state index contributed by atoms with van der Waals surface area (Å²) in [5.41, 5.74) is 0.778. The molecule has 0 aliphatic heterocycles. The zero-order chi connectivity index (χ0) is 11.5. The second kappa shape index (κ2) is 4.68. The van der Waals surface area contributed by atoms with Crippen molar-refractivity contribution in [1.82, 2.24) is 0 Å². The van der Waals surface area contributed by atoms with Crippen LogP contribution in [0.25, 0.3) is 0 Å². The summed E-state index contributed by atoms with van der Waals surface area (Å²) in [6.45, 7) is 1.82. The lowest BCUT2D eigenvalue weighted by Gasteiger charge is -2.27. The Labute approximate surface area is 94.2 Å². The van der Waals surface area contributed by atoms with Crippen LogP contribution in [0.15, 0.2) is 30.3 Å². The van der Waals surface area contributed by atoms with Gasteiger partial charge in [0.05, 0.1) is 0 Å². The summed E-state index contributed by atoms with van der Waals surface area (Å²) >= 11 is 3.82. The number of hydrogen-bond donors (Lipinski definition) is 3. The number of thiol groups is 1. The first-order chi connectivity index (χ1) is 7.00. The van der Waals surface area contributed by atoms with E-state index in [0.717, 1.165) is 5.56 Å². The van der Waals surface area contributed by atoms with Gasteiger partial charge in [0.1, 0.15) is 0 Å². The molecule has 1 aromatic rings. The van der Waals surface area contributed by atoms with Crippen LogP contribution >= 0.6 is 12.6 Å². The van der Waals surface area contributed by atoms with Crippen LogP contribution in [0.4, 0.5) is 0 Å². The van der Waals surface area contributed by atoms with Crippen molar-refractivity contribution >= 4 is 18.6 Å². The Bertz CT molecular complexity index is 335. The molecule has 0 saturated carbocycles. The molecule has 2 N–H and O–H groups in total. The Balaban J connectivity index is 3.05. The molecule has 3 nitrogen and oxygen atoms in total. The fourth-order valence-electron chi connectivity index (χ4n) is 1.59. The molecular formula is C11H14O3S. The van der Waals surface area contributed by atoms with Crippen LogP contribution < -0.4 is 0 Å². The Hall–Kier alpha value is -1.00. The van der Waals surface area contributed by atoms with Crippen molar-refractivity contribution in [2.45, 2.75) is 24.2 Å². The Morgan fingerprint density at radius 3 is 2.40 bits per heavy atom. The zero-order valence-corrected chi connectivity index (χ0v) is 9.32. The summed E-state index contributed by atoms with van der Waals surface area (Å²) in [5.74, 6) is -1.83. The number of carboxylic acid groups (broad SMARTS) is 1. The van der Waals surface area contributed by atoms with Gasteiger partial charge in [-0.25, -0.2) is 4.79 Å². The minimum atomic E-state index is -2.02. The number of hydrogen-bond acceptors (Lipinski definition) is 3. The topological polar surface area (TPSA) is 57.5 Å². The van der Waals surface area contributed by atoms with Gasteiger partial charge < -0.3 is 10.2 Å². The molecule has 0 spiro atoms. The van der Waals surface area contributed by atoms with Crippen molar-refractivity contribution in [3.8, 4) is 0 Å². The van der Waals surface area contributed by atoms with Crippen LogP contribution in [0.5, 0.6) is 0 Å². The molecule has 0 aliphatic carbocycles. The first-order valence-electron chi connectivity index (χ1n) is 4.73. The summed E-state index contributed by atoms with van der Waals surface area (Å²) in [6.07, 6.45) is 0.510. The van der Waals surface area contributed by atoms with E-state index < -0.39 is 16.8 Å². The molecule has 0 amide bonds. The second-order valence-corrected chi connectivity index (χ2v) is 4.08. The van der Waals surface area contributed by atoms with E-state index >= 15 is 0 Å². The van der Waals surface area contributed by atoms with Gasteiger partial charge >= 0.3 is 5.97 Å². The van der Waals surface area contributed by atoms with Gasteiger partial charge in [0.15, 0.2) is 0 Å². The molecule has 82 valence electrons. The van der Waals surface area contributed by atoms with Crippen LogP contribution in [-0.2, 0) is 4.79 Å². The highest BCUT2D eigenvalue weighted by Crippen LogP contribution is 2.34. The number of carboxylic acids is 1. The Morgan fingerprint density at radius 1 is 1.47 bits per heavy atom. The quantitative estimate of drug-likeness (QED) is 0.542. The Morgan fingerprint density at radius 2 is 2.00 bits per heavy atom. The second-order valence-electron chi connectivity index (χ2n) is 3.40. The monoisotopic (exact) mass is 226 g/mol. The van der Waals surface area contributed by atoms with Gasteiger partial charge in [-0.05, 0) is 12.0 Å².